The fraction of sp³-hybridized carbons (Fsp3) is 0.571. The largest absolute Gasteiger partial charge is 0.444 e. The van der Waals surface area contributed by atoms with Crippen LogP contribution >= 0.6 is 0 Å². The molecule has 1 fully saturated rings. The molecular weight excluding hydrogens is 413 g/mol. The Labute approximate surface area is 178 Å². The van der Waals surface area contributed by atoms with Crippen molar-refractivity contribution in [2.75, 3.05) is 13.1 Å². The third kappa shape index (κ3) is 6.68. The van der Waals surface area contributed by atoms with Gasteiger partial charge < -0.3 is 14.6 Å². The van der Waals surface area contributed by atoms with E-state index in [-0.39, 0.29) is 17.4 Å². The molecule has 31 heavy (non-hydrogen) atoms. The van der Waals surface area contributed by atoms with Crippen molar-refractivity contribution in [2.45, 2.75) is 64.4 Å². The molecule has 7 nitrogen and oxygen atoms in total. The van der Waals surface area contributed by atoms with Crippen LogP contribution in [0.25, 0.3) is 11.4 Å². The Hall–Kier alpha value is -2.62. The number of nitrogens with one attached hydrogen (secondary N) is 1. The van der Waals surface area contributed by atoms with Gasteiger partial charge in [-0.2, -0.15) is 18.2 Å². The molecule has 0 saturated carbocycles. The molecule has 0 bridgehead atoms. The van der Waals surface area contributed by atoms with Crippen molar-refractivity contribution < 1.29 is 27.2 Å². The average molecular weight is 440 g/mol. The number of benzene rings is 1. The summed E-state index contributed by atoms with van der Waals surface area (Å²) in [7, 11) is 0. The smallest absolute Gasteiger partial charge is 0.416 e. The monoisotopic (exact) mass is 440 g/mol. The van der Waals surface area contributed by atoms with E-state index in [1.807, 2.05) is 0 Å². The van der Waals surface area contributed by atoms with E-state index < -0.39 is 23.4 Å². The highest BCUT2D eigenvalue weighted by molar-refractivity contribution is 5.67. The van der Waals surface area contributed by atoms with Crippen LogP contribution in [0.1, 0.15) is 51.5 Å². The number of alkyl carbamates (subject to hydrolysis) is 1. The van der Waals surface area contributed by atoms with E-state index in [0.29, 0.717) is 19.0 Å². The van der Waals surface area contributed by atoms with Crippen LogP contribution in [0.5, 0.6) is 0 Å². The number of hydrogen-bond donors (Lipinski definition) is 1. The predicted octanol–water partition coefficient (Wildman–Crippen LogP) is 4.63. The van der Waals surface area contributed by atoms with Crippen LogP contribution in [0.3, 0.4) is 0 Å². The molecule has 0 aliphatic carbocycles. The summed E-state index contributed by atoms with van der Waals surface area (Å²) < 4.78 is 49.4. The summed E-state index contributed by atoms with van der Waals surface area (Å²) in [4.78, 5) is 18.4. The molecule has 1 aliphatic heterocycles. The summed E-state index contributed by atoms with van der Waals surface area (Å²) in [5.41, 5.74) is -1.09. The number of amides is 1. The van der Waals surface area contributed by atoms with Crippen molar-refractivity contribution in [2.24, 2.45) is 0 Å². The minimum absolute atomic E-state index is 0.0742. The molecule has 2 aromatic rings. The zero-order valence-electron chi connectivity index (χ0n) is 17.8. The zero-order chi connectivity index (χ0) is 22.6. The summed E-state index contributed by atoms with van der Waals surface area (Å²) >= 11 is 0. The third-order valence-electron chi connectivity index (χ3n) is 4.88. The van der Waals surface area contributed by atoms with E-state index in [0.717, 1.165) is 37.9 Å². The SMILES string of the molecule is CC(C)(C)OC(=O)NCC1CCCCN1Cc1nc(-c2cccc(C(F)(F)F)c2)no1. The van der Waals surface area contributed by atoms with E-state index in [1.54, 1.807) is 20.8 Å². The number of carbonyl (C=O) groups excluding carboxylic acids is 1. The van der Waals surface area contributed by atoms with Gasteiger partial charge in [-0.25, -0.2) is 4.79 Å². The van der Waals surface area contributed by atoms with Crippen molar-refractivity contribution in [1.82, 2.24) is 20.4 Å². The molecule has 1 aromatic carbocycles. The average Bonchev–Trinajstić information content (AvgIpc) is 3.14. The van der Waals surface area contributed by atoms with Crippen LogP contribution < -0.4 is 5.32 Å². The number of halogens is 3. The summed E-state index contributed by atoms with van der Waals surface area (Å²) in [6.07, 6.45) is -1.98. The second-order valence-electron chi connectivity index (χ2n) is 8.59. The molecule has 0 radical (unpaired) electrons. The maximum atomic E-state index is 13.0. The standard InChI is InChI=1S/C21H27F3N4O3/c1-20(2,3)30-19(29)25-12-16-9-4-5-10-28(16)13-17-26-18(27-31-17)14-7-6-8-15(11-14)21(22,23)24/h6-8,11,16H,4-5,9-10,12-13H2,1-3H3,(H,25,29). The van der Waals surface area contributed by atoms with Crippen LogP contribution in [0, 0.1) is 0 Å². The minimum atomic E-state index is -4.44. The molecule has 1 N–H and O–H groups in total. The number of aromatic nitrogens is 2. The lowest BCUT2D eigenvalue weighted by molar-refractivity contribution is -0.137. The van der Waals surface area contributed by atoms with Crippen molar-refractivity contribution >= 4 is 6.09 Å². The van der Waals surface area contributed by atoms with Crippen molar-refractivity contribution in [3.63, 3.8) is 0 Å². The first-order chi connectivity index (χ1) is 14.5. The number of likely N-dealkylation sites (tertiary alicyclic amines) is 1. The summed E-state index contributed by atoms with van der Waals surface area (Å²) in [5, 5.41) is 6.64. The topological polar surface area (TPSA) is 80.5 Å². The number of ether oxygens (including phenoxy) is 1. The molecule has 1 atom stereocenters. The van der Waals surface area contributed by atoms with E-state index in [2.05, 4.69) is 20.4 Å². The Balaban J connectivity index is 1.63. The summed E-state index contributed by atoms with van der Waals surface area (Å²) in [6, 6.07) is 4.91. The number of alkyl halides is 3. The second-order valence-corrected chi connectivity index (χ2v) is 8.59. The van der Waals surface area contributed by atoms with Gasteiger partial charge in [-0.3, -0.25) is 4.90 Å². The zero-order valence-corrected chi connectivity index (χ0v) is 17.8. The molecule has 10 heteroatoms. The minimum Gasteiger partial charge on any atom is -0.444 e. The van der Waals surface area contributed by atoms with Gasteiger partial charge >= 0.3 is 12.3 Å². The van der Waals surface area contributed by atoms with Gasteiger partial charge in [0.15, 0.2) is 0 Å². The lowest BCUT2D eigenvalue weighted by atomic mass is 10.0. The highest BCUT2D eigenvalue weighted by atomic mass is 19.4. The Bertz CT molecular complexity index is 892. The van der Waals surface area contributed by atoms with Gasteiger partial charge in [-0.15, -0.1) is 0 Å². The Kier molecular flexibility index (Phi) is 6.88. The van der Waals surface area contributed by atoms with Crippen LogP contribution in [0.15, 0.2) is 28.8 Å². The molecular formula is C21H27F3N4O3. The summed E-state index contributed by atoms with van der Waals surface area (Å²) in [5.74, 6) is 0.429. The Morgan fingerprint density at radius 1 is 1.29 bits per heavy atom. The van der Waals surface area contributed by atoms with Crippen LogP contribution in [-0.4, -0.2) is 45.9 Å². The molecule has 2 heterocycles. The highest BCUT2D eigenvalue weighted by Crippen LogP contribution is 2.31. The normalized spacial score (nSPS) is 18.1. The molecule has 1 amide bonds. The molecule has 1 unspecified atom stereocenters. The number of nitrogens with zero attached hydrogens (tertiary/aromatic N) is 3. The number of rotatable bonds is 5. The maximum Gasteiger partial charge on any atom is 0.416 e. The lowest BCUT2D eigenvalue weighted by Crippen LogP contribution is -2.47. The quantitative estimate of drug-likeness (QED) is 0.730. The molecule has 1 saturated heterocycles. The third-order valence-corrected chi connectivity index (χ3v) is 4.88. The number of piperidine rings is 1. The first-order valence-electron chi connectivity index (χ1n) is 10.2. The van der Waals surface area contributed by atoms with Gasteiger partial charge in [0.2, 0.25) is 11.7 Å². The van der Waals surface area contributed by atoms with E-state index in [4.69, 9.17) is 9.26 Å². The van der Waals surface area contributed by atoms with Gasteiger partial charge in [0.1, 0.15) is 5.60 Å². The molecule has 170 valence electrons. The van der Waals surface area contributed by atoms with Crippen LogP contribution in [0.2, 0.25) is 0 Å². The van der Waals surface area contributed by atoms with Crippen LogP contribution in [0.4, 0.5) is 18.0 Å². The lowest BCUT2D eigenvalue weighted by Gasteiger charge is -2.34. The van der Waals surface area contributed by atoms with Crippen LogP contribution in [-0.2, 0) is 17.5 Å². The molecule has 1 aliphatic rings. The maximum absolute atomic E-state index is 13.0. The van der Waals surface area contributed by atoms with Gasteiger partial charge in [-0.05, 0) is 52.3 Å². The first kappa shape index (κ1) is 23.1. The fourth-order valence-corrected chi connectivity index (χ4v) is 3.46. The summed E-state index contributed by atoms with van der Waals surface area (Å²) in [6.45, 7) is 6.98. The van der Waals surface area contributed by atoms with E-state index in [9.17, 15) is 18.0 Å². The molecule has 3 rings (SSSR count). The van der Waals surface area contributed by atoms with Gasteiger partial charge in [0.05, 0.1) is 12.1 Å². The van der Waals surface area contributed by atoms with E-state index >= 15 is 0 Å². The van der Waals surface area contributed by atoms with E-state index in [1.165, 1.54) is 12.1 Å². The Morgan fingerprint density at radius 2 is 2.06 bits per heavy atom. The van der Waals surface area contributed by atoms with Crippen molar-refractivity contribution in [3.05, 3.63) is 35.7 Å². The highest BCUT2D eigenvalue weighted by Gasteiger charge is 2.31. The molecule has 1 aromatic heterocycles. The molecule has 0 spiro atoms. The number of carbonyl (C=O) groups is 1. The van der Waals surface area contributed by atoms with Crippen molar-refractivity contribution in [1.29, 1.82) is 0 Å². The fourth-order valence-electron chi connectivity index (χ4n) is 3.46. The van der Waals surface area contributed by atoms with Gasteiger partial charge in [0.25, 0.3) is 0 Å². The predicted molar refractivity (Wildman–Crippen MR) is 107 cm³/mol. The Morgan fingerprint density at radius 3 is 2.77 bits per heavy atom. The second kappa shape index (κ2) is 9.25. The first-order valence-corrected chi connectivity index (χ1v) is 10.2. The van der Waals surface area contributed by atoms with Crippen molar-refractivity contribution in [3.8, 4) is 11.4 Å². The number of hydrogen-bond acceptors (Lipinski definition) is 6. The van der Waals surface area contributed by atoms with Gasteiger partial charge in [0, 0.05) is 18.2 Å². The van der Waals surface area contributed by atoms with Gasteiger partial charge in [-0.1, -0.05) is 23.7 Å².